The first-order chi connectivity index (χ1) is 12.1. The molecule has 1 saturated heterocycles. The third-order valence-electron chi connectivity index (χ3n) is 4.96. The van der Waals surface area contributed by atoms with Crippen molar-refractivity contribution in [3.05, 3.63) is 53.9 Å². The lowest BCUT2D eigenvalue weighted by Gasteiger charge is -2.38. The summed E-state index contributed by atoms with van der Waals surface area (Å²) in [6.07, 6.45) is 3.83. The Balaban J connectivity index is 1.81. The van der Waals surface area contributed by atoms with E-state index in [0.717, 1.165) is 44.7 Å². The van der Waals surface area contributed by atoms with E-state index in [4.69, 9.17) is 4.74 Å². The lowest BCUT2D eigenvalue weighted by atomic mass is 9.81. The smallest absolute Gasteiger partial charge is 0.274 e. The number of hydrogen-bond acceptors (Lipinski definition) is 3. The second-order valence-electron chi connectivity index (χ2n) is 7.13. The first kappa shape index (κ1) is 17.7. The molecule has 0 unspecified atom stereocenters. The van der Waals surface area contributed by atoms with Crippen LogP contribution in [-0.2, 0) is 17.8 Å². The standard InChI is InChI=1S/C20H27N3O2/c1-3-23-12-9-18(21-23)19(24)22(15-17-7-5-4-6-8-17)16-20(2)10-13-25-14-11-20/h4-9,12H,3,10-11,13-16H2,1-2H3. The molecule has 1 fully saturated rings. The van der Waals surface area contributed by atoms with Gasteiger partial charge in [0.15, 0.2) is 0 Å². The molecule has 0 spiro atoms. The maximum Gasteiger partial charge on any atom is 0.274 e. The van der Waals surface area contributed by atoms with E-state index in [2.05, 4.69) is 24.2 Å². The Morgan fingerprint density at radius 3 is 2.60 bits per heavy atom. The molecule has 0 radical (unpaired) electrons. The van der Waals surface area contributed by atoms with Crippen molar-refractivity contribution in [3.8, 4) is 0 Å². The number of aryl methyl sites for hydroxylation is 1. The van der Waals surface area contributed by atoms with E-state index in [0.29, 0.717) is 12.2 Å². The lowest BCUT2D eigenvalue weighted by Crippen LogP contribution is -2.42. The van der Waals surface area contributed by atoms with Crippen LogP contribution in [0.25, 0.3) is 0 Å². The molecular formula is C20H27N3O2. The summed E-state index contributed by atoms with van der Waals surface area (Å²) in [7, 11) is 0. The van der Waals surface area contributed by atoms with E-state index >= 15 is 0 Å². The Labute approximate surface area is 149 Å². The third-order valence-corrected chi connectivity index (χ3v) is 4.96. The number of ether oxygens (including phenoxy) is 1. The van der Waals surface area contributed by atoms with Crippen LogP contribution in [0.5, 0.6) is 0 Å². The highest BCUT2D eigenvalue weighted by Gasteiger charge is 2.32. The molecule has 0 atom stereocenters. The minimum absolute atomic E-state index is 0.00349. The number of benzene rings is 1. The maximum atomic E-state index is 13.1. The molecule has 1 amide bonds. The number of carbonyl (C=O) groups is 1. The van der Waals surface area contributed by atoms with Gasteiger partial charge in [-0.2, -0.15) is 5.10 Å². The van der Waals surface area contributed by atoms with Crippen molar-refractivity contribution >= 4 is 5.91 Å². The molecule has 1 aromatic carbocycles. The van der Waals surface area contributed by atoms with Crippen LogP contribution in [0.1, 0.15) is 42.7 Å². The predicted molar refractivity (Wildman–Crippen MR) is 97.2 cm³/mol. The summed E-state index contributed by atoms with van der Waals surface area (Å²) in [6.45, 7) is 7.92. The van der Waals surface area contributed by atoms with Crippen molar-refractivity contribution in [1.82, 2.24) is 14.7 Å². The summed E-state index contributed by atoms with van der Waals surface area (Å²) >= 11 is 0. The van der Waals surface area contributed by atoms with Crippen LogP contribution in [0.15, 0.2) is 42.6 Å². The van der Waals surface area contributed by atoms with Crippen molar-refractivity contribution in [2.75, 3.05) is 19.8 Å². The topological polar surface area (TPSA) is 47.4 Å². The van der Waals surface area contributed by atoms with Gasteiger partial charge in [0.2, 0.25) is 0 Å². The zero-order valence-electron chi connectivity index (χ0n) is 15.1. The average molecular weight is 341 g/mol. The molecule has 1 aromatic heterocycles. The molecule has 5 nitrogen and oxygen atoms in total. The highest BCUT2D eigenvalue weighted by molar-refractivity contribution is 5.92. The molecule has 25 heavy (non-hydrogen) atoms. The Hall–Kier alpha value is -2.14. The van der Waals surface area contributed by atoms with Crippen LogP contribution in [-0.4, -0.2) is 40.3 Å². The quantitative estimate of drug-likeness (QED) is 0.809. The Morgan fingerprint density at radius 1 is 1.24 bits per heavy atom. The molecule has 0 bridgehead atoms. The van der Waals surface area contributed by atoms with Crippen LogP contribution >= 0.6 is 0 Å². The lowest BCUT2D eigenvalue weighted by molar-refractivity contribution is 0.00442. The number of aromatic nitrogens is 2. The first-order valence-corrected chi connectivity index (χ1v) is 9.04. The van der Waals surface area contributed by atoms with E-state index in [9.17, 15) is 4.79 Å². The van der Waals surface area contributed by atoms with Gasteiger partial charge in [-0.05, 0) is 36.8 Å². The van der Waals surface area contributed by atoms with Crippen molar-refractivity contribution in [1.29, 1.82) is 0 Å². The molecule has 0 saturated carbocycles. The molecule has 1 aliphatic heterocycles. The van der Waals surface area contributed by atoms with E-state index in [1.165, 1.54) is 0 Å². The van der Waals surface area contributed by atoms with Gasteiger partial charge >= 0.3 is 0 Å². The minimum atomic E-state index is 0.00349. The van der Waals surface area contributed by atoms with Crippen LogP contribution in [0, 0.1) is 5.41 Å². The average Bonchev–Trinajstić information content (AvgIpc) is 3.11. The van der Waals surface area contributed by atoms with Gasteiger partial charge in [0.1, 0.15) is 5.69 Å². The molecule has 0 N–H and O–H groups in total. The molecule has 0 aliphatic carbocycles. The minimum Gasteiger partial charge on any atom is -0.381 e. The Bertz CT molecular complexity index is 690. The number of nitrogens with zero attached hydrogens (tertiary/aromatic N) is 3. The van der Waals surface area contributed by atoms with Gasteiger partial charge < -0.3 is 9.64 Å². The van der Waals surface area contributed by atoms with E-state index in [-0.39, 0.29) is 11.3 Å². The molecule has 3 rings (SSSR count). The highest BCUT2D eigenvalue weighted by atomic mass is 16.5. The fraction of sp³-hybridized carbons (Fsp3) is 0.500. The largest absolute Gasteiger partial charge is 0.381 e. The van der Waals surface area contributed by atoms with Crippen LogP contribution < -0.4 is 0 Å². The summed E-state index contributed by atoms with van der Waals surface area (Å²) in [6, 6.07) is 12.0. The van der Waals surface area contributed by atoms with Crippen molar-refractivity contribution in [3.63, 3.8) is 0 Å². The van der Waals surface area contributed by atoms with Gasteiger partial charge in [0, 0.05) is 39.0 Å². The maximum absolute atomic E-state index is 13.1. The molecule has 2 aromatic rings. The number of hydrogen-bond donors (Lipinski definition) is 0. The molecule has 2 heterocycles. The fourth-order valence-electron chi connectivity index (χ4n) is 3.30. The Kier molecular flexibility index (Phi) is 5.53. The van der Waals surface area contributed by atoms with Crippen LogP contribution in [0.3, 0.4) is 0 Å². The van der Waals surface area contributed by atoms with Crippen LogP contribution in [0.2, 0.25) is 0 Å². The Morgan fingerprint density at radius 2 is 1.96 bits per heavy atom. The fourth-order valence-corrected chi connectivity index (χ4v) is 3.30. The van der Waals surface area contributed by atoms with E-state index < -0.39 is 0 Å². The predicted octanol–water partition coefficient (Wildman–Crippen LogP) is 3.36. The summed E-state index contributed by atoms with van der Waals surface area (Å²) in [4.78, 5) is 15.1. The van der Waals surface area contributed by atoms with Gasteiger partial charge in [-0.3, -0.25) is 9.48 Å². The van der Waals surface area contributed by atoms with Gasteiger partial charge in [-0.1, -0.05) is 37.3 Å². The van der Waals surface area contributed by atoms with E-state index in [1.54, 1.807) is 4.68 Å². The highest BCUT2D eigenvalue weighted by Crippen LogP contribution is 2.31. The van der Waals surface area contributed by atoms with Gasteiger partial charge in [-0.25, -0.2) is 0 Å². The number of carbonyl (C=O) groups excluding carboxylic acids is 1. The van der Waals surface area contributed by atoms with Gasteiger partial charge in [0.05, 0.1) is 0 Å². The second kappa shape index (κ2) is 7.83. The summed E-state index contributed by atoms with van der Waals surface area (Å²) < 4.78 is 7.30. The second-order valence-corrected chi connectivity index (χ2v) is 7.13. The summed E-state index contributed by atoms with van der Waals surface area (Å²) in [5.74, 6) is 0.00349. The zero-order valence-corrected chi connectivity index (χ0v) is 15.1. The molecule has 1 aliphatic rings. The summed E-state index contributed by atoms with van der Waals surface area (Å²) in [5, 5.41) is 4.41. The number of rotatable bonds is 6. The van der Waals surface area contributed by atoms with Crippen molar-refractivity contribution in [2.24, 2.45) is 5.41 Å². The van der Waals surface area contributed by atoms with Gasteiger partial charge in [-0.15, -0.1) is 0 Å². The van der Waals surface area contributed by atoms with Crippen molar-refractivity contribution in [2.45, 2.75) is 39.8 Å². The monoisotopic (exact) mass is 341 g/mol. The number of amides is 1. The SMILES string of the molecule is CCn1ccc(C(=O)N(Cc2ccccc2)CC2(C)CCOCC2)n1. The van der Waals surface area contributed by atoms with Gasteiger partial charge in [0.25, 0.3) is 5.91 Å². The molecule has 134 valence electrons. The third kappa shape index (κ3) is 4.48. The van der Waals surface area contributed by atoms with Crippen LogP contribution in [0.4, 0.5) is 0 Å². The first-order valence-electron chi connectivity index (χ1n) is 9.04. The normalized spacial score (nSPS) is 16.6. The zero-order chi connectivity index (χ0) is 17.7. The van der Waals surface area contributed by atoms with E-state index in [1.807, 2.05) is 42.3 Å². The summed E-state index contributed by atoms with van der Waals surface area (Å²) in [5.41, 5.74) is 1.76. The molecule has 5 heteroatoms. The van der Waals surface area contributed by atoms with Crippen molar-refractivity contribution < 1.29 is 9.53 Å². The molecular weight excluding hydrogens is 314 g/mol.